The van der Waals surface area contributed by atoms with Crippen molar-refractivity contribution < 1.29 is 9.59 Å². The first-order valence-corrected chi connectivity index (χ1v) is 9.62. The van der Waals surface area contributed by atoms with Gasteiger partial charge in [0.1, 0.15) is 0 Å². The number of hydrogen-bond acceptors (Lipinski definition) is 4. The van der Waals surface area contributed by atoms with Crippen molar-refractivity contribution in [2.75, 3.05) is 4.90 Å². The topological polar surface area (TPSA) is 63.2 Å². The number of aromatic nitrogens is 2. The molecule has 5 heteroatoms. The molecule has 5 nitrogen and oxygen atoms in total. The number of hydrogen-bond donors (Lipinski definition) is 0. The molecule has 0 atom stereocenters. The van der Waals surface area contributed by atoms with Crippen molar-refractivity contribution in [3.63, 3.8) is 0 Å². The third-order valence-electron chi connectivity index (χ3n) is 6.09. The van der Waals surface area contributed by atoms with Crippen molar-refractivity contribution in [2.45, 2.75) is 27.7 Å². The van der Waals surface area contributed by atoms with E-state index in [0.717, 1.165) is 16.0 Å². The number of carbonyl (C=O) groups excluding carboxylic acids is 2. The number of anilines is 1. The van der Waals surface area contributed by atoms with Gasteiger partial charge in [0.15, 0.2) is 0 Å². The van der Waals surface area contributed by atoms with E-state index in [1.54, 1.807) is 27.7 Å². The molecule has 0 N–H and O–H groups in total. The number of rotatable bonds is 3. The average molecular weight is 385 g/mol. The number of nitrogens with zero attached hydrogens (tertiary/aromatic N) is 3. The Labute approximate surface area is 170 Å². The summed E-state index contributed by atoms with van der Waals surface area (Å²) in [7, 11) is 0. The molecule has 0 aliphatic carbocycles. The average Bonchev–Trinajstić information content (AvgIpc) is 2.85. The number of benzene rings is 2. The molecule has 1 saturated heterocycles. The van der Waals surface area contributed by atoms with Gasteiger partial charge in [0, 0.05) is 11.1 Å². The van der Waals surface area contributed by atoms with Gasteiger partial charge in [-0.2, -0.15) is 0 Å². The van der Waals surface area contributed by atoms with Crippen LogP contribution in [0.4, 0.5) is 5.95 Å². The quantitative estimate of drug-likeness (QED) is 0.611. The fourth-order valence-electron chi connectivity index (χ4n) is 3.42. The molecule has 2 amide bonds. The van der Waals surface area contributed by atoms with Crippen molar-refractivity contribution >= 4 is 17.8 Å². The van der Waals surface area contributed by atoms with Crippen molar-refractivity contribution in [1.29, 1.82) is 0 Å². The van der Waals surface area contributed by atoms with E-state index >= 15 is 0 Å². The van der Waals surface area contributed by atoms with E-state index in [1.807, 2.05) is 66.7 Å². The van der Waals surface area contributed by atoms with E-state index < -0.39 is 10.8 Å². The van der Waals surface area contributed by atoms with Crippen LogP contribution in [-0.4, -0.2) is 21.8 Å². The lowest BCUT2D eigenvalue weighted by atomic mass is 9.70. The van der Waals surface area contributed by atoms with Crippen LogP contribution in [0, 0.1) is 10.8 Å². The smallest absolute Gasteiger partial charge is 0.242 e. The Morgan fingerprint density at radius 2 is 1.03 bits per heavy atom. The lowest BCUT2D eigenvalue weighted by Gasteiger charge is -2.28. The van der Waals surface area contributed by atoms with Gasteiger partial charge >= 0.3 is 0 Å². The molecule has 4 rings (SSSR count). The van der Waals surface area contributed by atoms with Crippen molar-refractivity contribution in [3.05, 3.63) is 66.7 Å². The Kier molecular flexibility index (Phi) is 4.34. The van der Waals surface area contributed by atoms with Crippen LogP contribution >= 0.6 is 0 Å². The molecule has 0 unspecified atom stereocenters. The van der Waals surface area contributed by atoms with E-state index in [1.165, 1.54) is 0 Å². The predicted molar refractivity (Wildman–Crippen MR) is 113 cm³/mol. The molecule has 1 aliphatic heterocycles. The highest BCUT2D eigenvalue weighted by atomic mass is 16.2. The second-order valence-electron chi connectivity index (χ2n) is 8.37. The van der Waals surface area contributed by atoms with Crippen LogP contribution in [0.15, 0.2) is 66.7 Å². The zero-order valence-electron chi connectivity index (χ0n) is 17.0. The molecular formula is C24H23N3O2. The lowest BCUT2D eigenvalue weighted by Crippen LogP contribution is -2.35. The molecule has 1 aliphatic rings. The Morgan fingerprint density at radius 1 is 0.655 bits per heavy atom. The second-order valence-corrected chi connectivity index (χ2v) is 8.37. The maximum absolute atomic E-state index is 13.2. The summed E-state index contributed by atoms with van der Waals surface area (Å²) < 4.78 is 0. The van der Waals surface area contributed by atoms with Crippen molar-refractivity contribution in [1.82, 2.24) is 9.97 Å². The molecule has 1 aromatic heterocycles. The summed E-state index contributed by atoms with van der Waals surface area (Å²) in [5.41, 5.74) is 1.43. The van der Waals surface area contributed by atoms with Crippen LogP contribution in [0.2, 0.25) is 0 Å². The first-order chi connectivity index (χ1) is 13.7. The van der Waals surface area contributed by atoms with Crippen LogP contribution in [-0.2, 0) is 9.59 Å². The van der Waals surface area contributed by atoms with Gasteiger partial charge in [0.05, 0.1) is 22.2 Å². The Hall–Kier alpha value is -3.34. The van der Waals surface area contributed by atoms with Crippen LogP contribution in [0.1, 0.15) is 27.7 Å². The number of imide groups is 1. The normalized spacial score (nSPS) is 17.6. The molecule has 0 bridgehead atoms. The minimum Gasteiger partial charge on any atom is -0.273 e. The summed E-state index contributed by atoms with van der Waals surface area (Å²) >= 11 is 0. The Bertz CT molecular complexity index is 1010. The maximum atomic E-state index is 13.2. The van der Waals surface area contributed by atoms with Crippen molar-refractivity contribution in [3.8, 4) is 22.5 Å². The summed E-state index contributed by atoms with van der Waals surface area (Å²) in [6, 6.07) is 21.3. The zero-order chi connectivity index (χ0) is 20.8. The fourth-order valence-corrected chi connectivity index (χ4v) is 3.42. The molecule has 1 fully saturated rings. The minimum atomic E-state index is -0.844. The second kappa shape index (κ2) is 6.62. The molecule has 3 aromatic rings. The fraction of sp³-hybridized carbons (Fsp3) is 0.250. The van der Waals surface area contributed by atoms with Crippen LogP contribution in [0.3, 0.4) is 0 Å². The third-order valence-corrected chi connectivity index (χ3v) is 6.09. The highest BCUT2D eigenvalue weighted by Crippen LogP contribution is 2.48. The molecule has 29 heavy (non-hydrogen) atoms. The van der Waals surface area contributed by atoms with Gasteiger partial charge in [-0.15, -0.1) is 0 Å². The van der Waals surface area contributed by atoms with E-state index in [2.05, 4.69) is 9.97 Å². The number of carbonyl (C=O) groups is 2. The Morgan fingerprint density at radius 3 is 1.41 bits per heavy atom. The van der Waals surface area contributed by atoms with E-state index in [9.17, 15) is 9.59 Å². The predicted octanol–water partition coefficient (Wildman–Crippen LogP) is 4.74. The van der Waals surface area contributed by atoms with Crippen LogP contribution < -0.4 is 4.90 Å². The SMILES string of the molecule is CC1(C)C(=O)N(c2nc(-c3ccccc3)cc(-c3ccccc3)n2)C(=O)C1(C)C. The summed E-state index contributed by atoms with van der Waals surface area (Å²) in [6.45, 7) is 7.19. The summed E-state index contributed by atoms with van der Waals surface area (Å²) in [4.78, 5) is 36.7. The summed E-state index contributed by atoms with van der Waals surface area (Å²) in [5, 5.41) is 0. The van der Waals surface area contributed by atoms with Gasteiger partial charge in [0.2, 0.25) is 17.8 Å². The largest absolute Gasteiger partial charge is 0.273 e. The number of amides is 2. The zero-order valence-corrected chi connectivity index (χ0v) is 17.0. The third kappa shape index (κ3) is 2.94. The maximum Gasteiger partial charge on any atom is 0.242 e. The lowest BCUT2D eigenvalue weighted by molar-refractivity contribution is -0.129. The van der Waals surface area contributed by atoms with Gasteiger partial charge in [-0.1, -0.05) is 60.7 Å². The molecule has 0 saturated carbocycles. The molecular weight excluding hydrogens is 362 g/mol. The molecule has 0 radical (unpaired) electrons. The molecule has 2 heterocycles. The molecule has 146 valence electrons. The molecule has 2 aromatic carbocycles. The molecule has 0 spiro atoms. The van der Waals surface area contributed by atoms with Gasteiger partial charge in [-0.25, -0.2) is 14.9 Å². The van der Waals surface area contributed by atoms with Gasteiger partial charge < -0.3 is 0 Å². The standard InChI is InChI=1S/C24H23N3O2/c1-23(2)20(28)27(21(29)24(23,3)4)22-25-18(16-11-7-5-8-12-16)15-19(26-22)17-13-9-6-10-14-17/h5-15H,1-4H3. The summed E-state index contributed by atoms with van der Waals surface area (Å²) in [6.07, 6.45) is 0. The summed E-state index contributed by atoms with van der Waals surface area (Å²) in [5.74, 6) is -0.438. The van der Waals surface area contributed by atoms with Crippen LogP contribution in [0.25, 0.3) is 22.5 Å². The Balaban J connectivity index is 1.92. The first kappa shape index (κ1) is 19.0. The highest BCUT2D eigenvalue weighted by molar-refractivity contribution is 6.24. The minimum absolute atomic E-state index is 0.124. The van der Waals surface area contributed by atoms with Crippen LogP contribution in [0.5, 0.6) is 0 Å². The van der Waals surface area contributed by atoms with E-state index in [4.69, 9.17) is 0 Å². The van der Waals surface area contributed by atoms with Crippen molar-refractivity contribution in [2.24, 2.45) is 10.8 Å². The van der Waals surface area contributed by atoms with E-state index in [0.29, 0.717) is 11.4 Å². The monoisotopic (exact) mass is 385 g/mol. The van der Waals surface area contributed by atoms with E-state index in [-0.39, 0.29) is 17.8 Å². The highest BCUT2D eigenvalue weighted by Gasteiger charge is 2.60. The van der Waals surface area contributed by atoms with Gasteiger partial charge in [0.25, 0.3) is 0 Å². The van der Waals surface area contributed by atoms with Gasteiger partial charge in [-0.05, 0) is 33.8 Å². The van der Waals surface area contributed by atoms with Gasteiger partial charge in [-0.3, -0.25) is 9.59 Å². The first-order valence-electron chi connectivity index (χ1n) is 9.62.